The molecule has 0 aliphatic carbocycles. The Morgan fingerprint density at radius 1 is 0.625 bits per heavy atom. The first kappa shape index (κ1) is 24.3. The molecule has 2 aromatic heterocycles. The zero-order chi connectivity index (χ0) is 50.2. The Bertz CT molecular complexity index is 3210. The second-order valence-electron chi connectivity index (χ2n) is 15.0. The molecule has 2 heterocycles. The number of benzene rings is 6. The first-order chi connectivity index (χ1) is 32.3. The van der Waals surface area contributed by atoms with E-state index in [1.54, 1.807) is 18.2 Å². The lowest BCUT2D eigenvalue weighted by Crippen LogP contribution is -2.11. The van der Waals surface area contributed by atoms with Crippen LogP contribution >= 0.6 is 0 Å². The Hall–Kier alpha value is -6.26. The monoisotopic (exact) mass is 744 g/mol. The van der Waals surface area contributed by atoms with Crippen LogP contribution in [0.5, 0.6) is 5.75 Å². The van der Waals surface area contributed by atoms with Crippen LogP contribution in [-0.4, -0.2) is 19.6 Å². The van der Waals surface area contributed by atoms with E-state index in [0.29, 0.717) is 28.2 Å². The average molecular weight is 745 g/mol. The third kappa shape index (κ3) is 7.04. The fourth-order valence-electron chi connectivity index (χ4n) is 7.10. The largest absolute Gasteiger partial charge is 0.507 e. The molecule has 0 aliphatic heterocycles. The van der Waals surface area contributed by atoms with Crippen molar-refractivity contribution in [3.8, 4) is 67.5 Å². The molecule has 0 bridgehead atoms. The Morgan fingerprint density at radius 3 is 2.09 bits per heavy atom. The molecule has 0 saturated carbocycles. The van der Waals surface area contributed by atoms with E-state index in [1.165, 1.54) is 12.3 Å². The van der Waals surface area contributed by atoms with Crippen LogP contribution in [0.1, 0.15) is 82.8 Å². The summed E-state index contributed by atoms with van der Waals surface area (Å²) in [6, 6.07) is 34.8. The Morgan fingerprint density at radius 2 is 1.36 bits per heavy atom. The maximum Gasteiger partial charge on any atom is 0.149 e. The number of nitrogens with zero attached hydrogens (tertiary/aromatic N) is 3. The number of aryl methyl sites for hydroxylation is 1. The van der Waals surface area contributed by atoms with Gasteiger partial charge in [-0.3, -0.25) is 9.55 Å². The van der Waals surface area contributed by atoms with Crippen molar-refractivity contribution in [2.45, 2.75) is 65.5 Å². The summed E-state index contributed by atoms with van der Waals surface area (Å²) in [7, 11) is 0. The Labute approximate surface area is 349 Å². The van der Waals surface area contributed by atoms with Crippen molar-refractivity contribution in [2.24, 2.45) is 0 Å². The maximum absolute atomic E-state index is 11.3. The van der Waals surface area contributed by atoms with Crippen molar-refractivity contribution in [3.05, 3.63) is 168 Å². The molecule has 6 aromatic carbocycles. The zero-order valence-electron chi connectivity index (χ0n) is 44.6. The van der Waals surface area contributed by atoms with Gasteiger partial charge in [-0.05, 0) is 116 Å². The molecule has 1 N–H and O–H groups in total. The van der Waals surface area contributed by atoms with Crippen LogP contribution in [0.3, 0.4) is 0 Å². The van der Waals surface area contributed by atoms with Gasteiger partial charge in [0.05, 0.1) is 27.8 Å². The van der Waals surface area contributed by atoms with Crippen molar-refractivity contribution >= 4 is 11.0 Å². The highest BCUT2D eigenvalue weighted by molar-refractivity contribution is 5.97. The van der Waals surface area contributed by atoms with Crippen LogP contribution in [0, 0.1) is 0 Å². The van der Waals surface area contributed by atoms with Gasteiger partial charge in [0.25, 0.3) is 0 Å². The van der Waals surface area contributed by atoms with Crippen molar-refractivity contribution in [1.82, 2.24) is 14.5 Å². The third-order valence-electron chi connectivity index (χ3n) is 10.1. The molecule has 8 aromatic rings. The number of hydrogen-bond donors (Lipinski definition) is 1. The second kappa shape index (κ2) is 14.4. The van der Waals surface area contributed by atoms with Gasteiger partial charge in [0, 0.05) is 35.3 Å². The standard InChI is InChI=1S/C52H49N3O/c1-8-34-32-42(25-26-43(34)36-15-10-9-11-16-36)55-47-19-14-18-44(49(47)54-50(55)45-17-12-13-20-48(45)56)38-29-39(31-41(30-38)52(5,6)7)46-33-37(27-28-53-46)35-21-23-40(24-22-35)51(2,3)4/h9-33,56H,8H2,1-7H3/i2D3,3D3,4D3,21D,22D,23D,24D. The van der Waals surface area contributed by atoms with E-state index in [4.69, 9.17) is 22.8 Å². The molecule has 0 saturated heterocycles. The smallest absolute Gasteiger partial charge is 0.149 e. The molecule has 0 atom stereocenters. The number of para-hydroxylation sites is 2. The highest BCUT2D eigenvalue weighted by atomic mass is 16.3. The SMILES string of the molecule is [2H]c1c([2H])c(C(C([2H])([2H])[2H])(C([2H])([2H])[2H])C([2H])([2H])[2H])c([2H])c([2H])c1-c1ccnc(-c2cc(-c3cccc4c3nc(-c3ccccc3O)n4-c3ccc(-c4ccccc4)c(CC)c3)cc(C(C)(C)C)c2)c1. The summed E-state index contributed by atoms with van der Waals surface area (Å²) in [5.41, 5.74) is 4.16. The lowest BCUT2D eigenvalue weighted by Gasteiger charge is -2.22. The first-order valence-electron chi connectivity index (χ1n) is 25.0. The third-order valence-corrected chi connectivity index (χ3v) is 10.1. The molecule has 0 radical (unpaired) electrons. The predicted molar refractivity (Wildman–Crippen MR) is 234 cm³/mol. The number of imidazole rings is 1. The lowest BCUT2D eigenvalue weighted by molar-refractivity contribution is 0.477. The lowest BCUT2D eigenvalue weighted by atomic mass is 9.83. The molecule has 0 unspecified atom stereocenters. The van der Waals surface area contributed by atoms with E-state index in [0.717, 1.165) is 51.0 Å². The summed E-state index contributed by atoms with van der Waals surface area (Å²) in [5, 5.41) is 11.3. The molecule has 4 heteroatoms. The molecule has 4 nitrogen and oxygen atoms in total. The maximum atomic E-state index is 11.3. The van der Waals surface area contributed by atoms with Crippen LogP contribution < -0.4 is 0 Å². The van der Waals surface area contributed by atoms with Crippen molar-refractivity contribution in [1.29, 1.82) is 0 Å². The van der Waals surface area contributed by atoms with E-state index in [-0.39, 0.29) is 16.9 Å². The van der Waals surface area contributed by atoms with Gasteiger partial charge in [0.1, 0.15) is 11.6 Å². The van der Waals surface area contributed by atoms with Crippen molar-refractivity contribution < 1.29 is 22.9 Å². The van der Waals surface area contributed by atoms with Gasteiger partial charge < -0.3 is 5.11 Å². The summed E-state index contributed by atoms with van der Waals surface area (Å²) >= 11 is 0. The predicted octanol–water partition coefficient (Wildman–Crippen LogP) is 13.6. The van der Waals surface area contributed by atoms with Crippen molar-refractivity contribution in [2.75, 3.05) is 0 Å². The number of aromatic hydroxyl groups is 1. The molecule has 8 rings (SSSR count). The second-order valence-corrected chi connectivity index (χ2v) is 15.0. The van der Waals surface area contributed by atoms with Gasteiger partial charge in [-0.1, -0.05) is 139 Å². The number of rotatable bonds is 7. The van der Waals surface area contributed by atoms with Crippen LogP contribution in [0.4, 0.5) is 0 Å². The van der Waals surface area contributed by atoms with Gasteiger partial charge >= 0.3 is 0 Å². The van der Waals surface area contributed by atoms with Gasteiger partial charge in [0.15, 0.2) is 0 Å². The minimum Gasteiger partial charge on any atom is -0.507 e. The summed E-state index contributed by atoms with van der Waals surface area (Å²) in [5.74, 6) is 0.601. The van der Waals surface area contributed by atoms with Crippen LogP contribution in [-0.2, 0) is 17.3 Å². The molecular weight excluding hydrogens is 683 g/mol. The van der Waals surface area contributed by atoms with Crippen molar-refractivity contribution in [3.63, 3.8) is 0 Å². The van der Waals surface area contributed by atoms with E-state index in [1.807, 2.05) is 60.7 Å². The Balaban J connectivity index is 1.33. The first-order valence-corrected chi connectivity index (χ1v) is 18.5. The molecular formula is C52H49N3O. The van der Waals surface area contributed by atoms with Gasteiger partial charge in [-0.15, -0.1) is 0 Å². The van der Waals surface area contributed by atoms with Gasteiger partial charge in [-0.2, -0.15) is 0 Å². The normalized spacial score (nSPS) is 16.0. The number of pyridine rings is 1. The number of fused-ring (bicyclic) bond motifs is 1. The highest BCUT2D eigenvalue weighted by Crippen LogP contribution is 2.41. The molecule has 0 spiro atoms. The minimum atomic E-state index is -3.80. The van der Waals surface area contributed by atoms with Gasteiger partial charge in [-0.25, -0.2) is 4.98 Å². The summed E-state index contributed by atoms with van der Waals surface area (Å²) in [6.07, 6.45) is 2.20. The zero-order valence-corrected chi connectivity index (χ0v) is 31.6. The van der Waals surface area contributed by atoms with E-state index in [9.17, 15) is 5.11 Å². The van der Waals surface area contributed by atoms with Crippen LogP contribution in [0.2, 0.25) is 0 Å². The quantitative estimate of drug-likeness (QED) is 0.177. The molecule has 278 valence electrons. The molecule has 0 amide bonds. The average Bonchev–Trinajstić information content (AvgIpc) is 3.68. The minimum absolute atomic E-state index is 0.0674. The summed E-state index contributed by atoms with van der Waals surface area (Å²) < 4.78 is 112. The molecule has 0 fully saturated rings. The van der Waals surface area contributed by atoms with E-state index < -0.39 is 61.1 Å². The molecule has 0 aliphatic rings. The van der Waals surface area contributed by atoms with E-state index in [2.05, 4.69) is 73.6 Å². The topological polar surface area (TPSA) is 50.9 Å². The number of phenols is 1. The number of phenolic OH excluding ortho intramolecular Hbond substituents is 1. The summed E-state index contributed by atoms with van der Waals surface area (Å²) in [6.45, 7) is -3.06. The summed E-state index contributed by atoms with van der Waals surface area (Å²) in [4.78, 5) is 9.97. The van der Waals surface area contributed by atoms with Crippen LogP contribution in [0.15, 0.2) is 152 Å². The number of hydrogen-bond acceptors (Lipinski definition) is 3. The fourth-order valence-corrected chi connectivity index (χ4v) is 7.10. The van der Waals surface area contributed by atoms with E-state index >= 15 is 0 Å². The highest BCUT2D eigenvalue weighted by Gasteiger charge is 2.23. The number of aromatic nitrogens is 3. The Kier molecular flexibility index (Phi) is 6.26. The molecule has 56 heavy (non-hydrogen) atoms. The van der Waals surface area contributed by atoms with Crippen LogP contribution in [0.25, 0.3) is 72.7 Å². The van der Waals surface area contributed by atoms with Gasteiger partial charge in [0.2, 0.25) is 0 Å². The fraction of sp³-hybridized carbons (Fsp3) is 0.192.